The molecule has 0 fully saturated rings. The van der Waals surface area contributed by atoms with Crippen LogP contribution in [0, 0.1) is 11.6 Å². The third-order valence-electron chi connectivity index (χ3n) is 2.57. The van der Waals surface area contributed by atoms with Gasteiger partial charge in [0, 0.05) is 16.9 Å². The molecule has 1 atom stereocenters. The van der Waals surface area contributed by atoms with Gasteiger partial charge < -0.3 is 0 Å². The van der Waals surface area contributed by atoms with E-state index in [-0.39, 0.29) is 5.56 Å². The number of rotatable bonds is 4. The predicted molar refractivity (Wildman–Crippen MR) is 69.5 cm³/mol. The average molecular weight is 289 g/mol. The maximum absolute atomic E-state index is 13.6. The number of benzene rings is 1. The van der Waals surface area contributed by atoms with Crippen LogP contribution in [0.25, 0.3) is 0 Å². The van der Waals surface area contributed by atoms with E-state index >= 15 is 0 Å². The van der Waals surface area contributed by atoms with Crippen LogP contribution in [-0.2, 0) is 6.42 Å². The van der Waals surface area contributed by atoms with Crippen LogP contribution in [0.1, 0.15) is 16.5 Å². The molecule has 0 radical (unpaired) electrons. The fraction of sp³-hybridized carbons (Fsp3) is 0.167. The number of halogens is 3. The van der Waals surface area contributed by atoms with Crippen molar-refractivity contribution >= 4 is 22.9 Å². The molecule has 96 valence electrons. The largest absolute Gasteiger partial charge is 0.271 e. The van der Waals surface area contributed by atoms with Gasteiger partial charge in [-0.05, 0) is 30.3 Å². The minimum Gasteiger partial charge on any atom is -0.271 e. The van der Waals surface area contributed by atoms with Crippen molar-refractivity contribution in [1.82, 2.24) is 5.43 Å². The van der Waals surface area contributed by atoms with Crippen molar-refractivity contribution in [2.75, 3.05) is 0 Å². The van der Waals surface area contributed by atoms with Crippen molar-refractivity contribution in [2.24, 2.45) is 5.84 Å². The van der Waals surface area contributed by atoms with E-state index in [1.807, 2.05) is 6.07 Å². The Morgan fingerprint density at radius 3 is 2.67 bits per heavy atom. The predicted octanol–water partition coefficient (Wildman–Crippen LogP) is 3.43. The highest BCUT2D eigenvalue weighted by Gasteiger charge is 2.16. The lowest BCUT2D eigenvalue weighted by Crippen LogP contribution is -2.30. The van der Waals surface area contributed by atoms with Gasteiger partial charge in [-0.25, -0.2) is 8.78 Å². The fourth-order valence-electron chi connectivity index (χ4n) is 1.70. The van der Waals surface area contributed by atoms with E-state index in [9.17, 15) is 8.78 Å². The first kappa shape index (κ1) is 13.4. The quantitative estimate of drug-likeness (QED) is 0.668. The number of hydrogen-bond donors (Lipinski definition) is 2. The van der Waals surface area contributed by atoms with E-state index in [1.54, 1.807) is 6.07 Å². The summed E-state index contributed by atoms with van der Waals surface area (Å²) in [6, 6.07) is 6.43. The van der Waals surface area contributed by atoms with Gasteiger partial charge in [0.2, 0.25) is 0 Å². The summed E-state index contributed by atoms with van der Waals surface area (Å²) < 4.78 is 27.4. The Balaban J connectivity index is 2.25. The van der Waals surface area contributed by atoms with E-state index in [2.05, 4.69) is 5.43 Å². The number of thiophene rings is 1. The van der Waals surface area contributed by atoms with E-state index in [0.717, 1.165) is 23.1 Å². The highest BCUT2D eigenvalue weighted by atomic mass is 35.5. The van der Waals surface area contributed by atoms with Gasteiger partial charge in [0.1, 0.15) is 11.6 Å². The molecule has 0 saturated heterocycles. The first-order chi connectivity index (χ1) is 8.60. The summed E-state index contributed by atoms with van der Waals surface area (Å²) >= 11 is 7.21. The fourth-order valence-corrected chi connectivity index (χ4v) is 2.84. The first-order valence-corrected chi connectivity index (χ1v) is 6.45. The SMILES string of the molecule is NNC(Cc1ccc(Cl)s1)c1cc(F)ccc1F. The smallest absolute Gasteiger partial charge is 0.128 e. The highest BCUT2D eigenvalue weighted by molar-refractivity contribution is 7.16. The zero-order valence-electron chi connectivity index (χ0n) is 9.29. The molecule has 0 aliphatic rings. The third-order valence-corrected chi connectivity index (χ3v) is 3.82. The van der Waals surface area contributed by atoms with E-state index in [0.29, 0.717) is 10.8 Å². The van der Waals surface area contributed by atoms with E-state index in [1.165, 1.54) is 11.3 Å². The lowest BCUT2D eigenvalue weighted by Gasteiger charge is -2.16. The van der Waals surface area contributed by atoms with Gasteiger partial charge in [0.25, 0.3) is 0 Å². The first-order valence-electron chi connectivity index (χ1n) is 5.25. The molecule has 6 heteroatoms. The van der Waals surface area contributed by atoms with E-state index in [4.69, 9.17) is 17.4 Å². The maximum Gasteiger partial charge on any atom is 0.128 e. The molecule has 0 bridgehead atoms. The number of hydrazine groups is 1. The molecule has 0 saturated carbocycles. The molecule has 0 spiro atoms. The summed E-state index contributed by atoms with van der Waals surface area (Å²) in [6.07, 6.45) is 0.453. The summed E-state index contributed by atoms with van der Waals surface area (Å²) in [5.41, 5.74) is 2.71. The van der Waals surface area contributed by atoms with Crippen LogP contribution >= 0.6 is 22.9 Å². The zero-order valence-corrected chi connectivity index (χ0v) is 10.9. The summed E-state index contributed by atoms with van der Waals surface area (Å²) in [5.74, 6) is 4.44. The Bertz CT molecular complexity index is 545. The van der Waals surface area contributed by atoms with Crippen molar-refractivity contribution in [3.05, 3.63) is 56.7 Å². The second-order valence-corrected chi connectivity index (χ2v) is 5.59. The molecule has 2 nitrogen and oxygen atoms in total. The van der Waals surface area contributed by atoms with Crippen LogP contribution in [0.2, 0.25) is 4.34 Å². The summed E-state index contributed by atoms with van der Waals surface area (Å²) in [6.45, 7) is 0. The lowest BCUT2D eigenvalue weighted by molar-refractivity contribution is 0.504. The van der Waals surface area contributed by atoms with Crippen LogP contribution in [-0.4, -0.2) is 0 Å². The lowest BCUT2D eigenvalue weighted by atomic mass is 10.0. The molecule has 2 rings (SSSR count). The number of nitrogens with one attached hydrogen (secondary N) is 1. The summed E-state index contributed by atoms with van der Waals surface area (Å²) in [4.78, 5) is 0.951. The molecule has 1 aromatic heterocycles. The molecule has 0 amide bonds. The van der Waals surface area contributed by atoms with Gasteiger partial charge in [-0.15, -0.1) is 11.3 Å². The Hall–Kier alpha value is -1.01. The van der Waals surface area contributed by atoms with Gasteiger partial charge in [-0.3, -0.25) is 11.3 Å². The van der Waals surface area contributed by atoms with Crippen molar-refractivity contribution in [3.63, 3.8) is 0 Å². The second kappa shape index (κ2) is 5.75. The van der Waals surface area contributed by atoms with E-state index < -0.39 is 17.7 Å². The molecule has 0 aliphatic carbocycles. The van der Waals surface area contributed by atoms with Crippen LogP contribution in [0.5, 0.6) is 0 Å². The molecule has 1 aromatic carbocycles. The van der Waals surface area contributed by atoms with Crippen molar-refractivity contribution < 1.29 is 8.78 Å². The standard InChI is InChI=1S/C12H11ClF2N2S/c13-12-4-2-8(18-12)6-11(17-16)9-5-7(14)1-3-10(9)15/h1-5,11,17H,6,16H2. The maximum atomic E-state index is 13.6. The monoisotopic (exact) mass is 288 g/mol. The summed E-state index contributed by atoms with van der Waals surface area (Å²) in [5, 5.41) is 0. The van der Waals surface area contributed by atoms with Crippen molar-refractivity contribution in [3.8, 4) is 0 Å². The molecule has 2 aromatic rings. The zero-order chi connectivity index (χ0) is 13.1. The molecule has 0 aliphatic heterocycles. The topological polar surface area (TPSA) is 38.0 Å². The number of nitrogens with two attached hydrogens (primary N) is 1. The minimum atomic E-state index is -0.490. The van der Waals surface area contributed by atoms with Gasteiger partial charge in [0.05, 0.1) is 10.4 Å². The van der Waals surface area contributed by atoms with Gasteiger partial charge in [-0.2, -0.15) is 0 Å². The molecular formula is C12H11ClF2N2S. The molecular weight excluding hydrogens is 278 g/mol. The second-order valence-electron chi connectivity index (χ2n) is 3.80. The Morgan fingerprint density at radius 2 is 2.06 bits per heavy atom. The minimum absolute atomic E-state index is 0.210. The third kappa shape index (κ3) is 3.05. The molecule has 18 heavy (non-hydrogen) atoms. The van der Waals surface area contributed by atoms with Crippen LogP contribution in [0.15, 0.2) is 30.3 Å². The summed E-state index contributed by atoms with van der Waals surface area (Å²) in [7, 11) is 0. The molecule has 1 heterocycles. The van der Waals surface area contributed by atoms with Crippen molar-refractivity contribution in [2.45, 2.75) is 12.5 Å². The van der Waals surface area contributed by atoms with Crippen LogP contribution < -0.4 is 11.3 Å². The van der Waals surface area contributed by atoms with Crippen LogP contribution in [0.4, 0.5) is 8.78 Å². The Morgan fingerprint density at radius 1 is 1.28 bits per heavy atom. The van der Waals surface area contributed by atoms with Crippen molar-refractivity contribution in [1.29, 1.82) is 0 Å². The van der Waals surface area contributed by atoms with Gasteiger partial charge in [-0.1, -0.05) is 11.6 Å². The molecule has 3 N–H and O–H groups in total. The normalized spacial score (nSPS) is 12.7. The highest BCUT2D eigenvalue weighted by Crippen LogP contribution is 2.27. The Kier molecular flexibility index (Phi) is 4.29. The number of hydrogen-bond acceptors (Lipinski definition) is 3. The Labute approximate surface area is 112 Å². The van der Waals surface area contributed by atoms with Gasteiger partial charge in [0.15, 0.2) is 0 Å². The molecule has 1 unspecified atom stereocenters. The van der Waals surface area contributed by atoms with Gasteiger partial charge >= 0.3 is 0 Å². The van der Waals surface area contributed by atoms with Crippen LogP contribution in [0.3, 0.4) is 0 Å². The average Bonchev–Trinajstić information content (AvgIpc) is 2.75.